The Morgan fingerprint density at radius 2 is 2.00 bits per heavy atom. The minimum absolute atomic E-state index is 0.398. The molecule has 1 rings (SSSR count). The molecule has 0 amide bonds. The van der Waals surface area contributed by atoms with E-state index in [9.17, 15) is 0 Å². The second-order valence-corrected chi connectivity index (χ2v) is 5.66. The molecular formula is C12H26N2. The highest BCUT2D eigenvalue weighted by Gasteiger charge is 2.29. The number of hydrogen-bond acceptors (Lipinski definition) is 2. The van der Waals surface area contributed by atoms with Gasteiger partial charge in [0, 0.05) is 18.6 Å². The molecule has 14 heavy (non-hydrogen) atoms. The van der Waals surface area contributed by atoms with E-state index in [1.165, 1.54) is 25.9 Å². The van der Waals surface area contributed by atoms with E-state index < -0.39 is 0 Å². The van der Waals surface area contributed by atoms with E-state index in [4.69, 9.17) is 0 Å². The van der Waals surface area contributed by atoms with Crippen LogP contribution in [0.15, 0.2) is 0 Å². The minimum atomic E-state index is 0.398. The predicted octanol–water partition coefficient (Wildman–Crippen LogP) is 2.10. The molecule has 2 heteroatoms. The fraction of sp³-hybridized carbons (Fsp3) is 1.00. The quantitative estimate of drug-likeness (QED) is 0.731. The van der Waals surface area contributed by atoms with Gasteiger partial charge in [-0.3, -0.25) is 4.90 Å². The third-order valence-electron chi connectivity index (χ3n) is 3.66. The number of hydrogen-bond donors (Lipinski definition) is 1. The molecule has 0 aromatic heterocycles. The smallest absolute Gasteiger partial charge is 0.0192 e. The molecule has 2 unspecified atom stereocenters. The molecule has 0 spiro atoms. The summed E-state index contributed by atoms with van der Waals surface area (Å²) in [6.45, 7) is 11.9. The van der Waals surface area contributed by atoms with Gasteiger partial charge in [-0.2, -0.15) is 0 Å². The van der Waals surface area contributed by atoms with Crippen LogP contribution in [0.5, 0.6) is 0 Å². The highest BCUT2D eigenvalue weighted by molar-refractivity contribution is 4.85. The summed E-state index contributed by atoms with van der Waals surface area (Å²) in [6, 6.07) is 1.38. The fourth-order valence-corrected chi connectivity index (χ4v) is 2.14. The van der Waals surface area contributed by atoms with E-state index in [1.807, 2.05) is 0 Å². The topological polar surface area (TPSA) is 15.3 Å². The lowest BCUT2D eigenvalue weighted by molar-refractivity contribution is 0.0793. The van der Waals surface area contributed by atoms with Crippen molar-refractivity contribution in [2.75, 3.05) is 20.1 Å². The van der Waals surface area contributed by atoms with Crippen LogP contribution in [0.3, 0.4) is 0 Å². The average Bonchev–Trinajstić information content (AvgIpc) is 2.15. The Kier molecular flexibility index (Phi) is 3.96. The molecule has 84 valence electrons. The Hall–Kier alpha value is -0.0800. The lowest BCUT2D eigenvalue weighted by atomic mass is 9.85. The molecule has 1 heterocycles. The van der Waals surface area contributed by atoms with Gasteiger partial charge >= 0.3 is 0 Å². The van der Waals surface area contributed by atoms with Crippen LogP contribution in [0.4, 0.5) is 0 Å². The van der Waals surface area contributed by atoms with Crippen molar-refractivity contribution in [3.05, 3.63) is 0 Å². The molecule has 2 atom stereocenters. The summed E-state index contributed by atoms with van der Waals surface area (Å²) in [5, 5.41) is 3.40. The lowest BCUT2D eigenvalue weighted by Crippen LogP contribution is -2.51. The van der Waals surface area contributed by atoms with Crippen molar-refractivity contribution < 1.29 is 0 Å². The molecule has 0 aromatic rings. The van der Waals surface area contributed by atoms with Crippen LogP contribution < -0.4 is 5.32 Å². The zero-order chi connectivity index (χ0) is 10.8. The maximum absolute atomic E-state index is 3.40. The summed E-state index contributed by atoms with van der Waals surface area (Å²) >= 11 is 0. The Labute approximate surface area is 89.1 Å². The zero-order valence-corrected chi connectivity index (χ0v) is 10.4. The maximum Gasteiger partial charge on any atom is 0.0192 e. The van der Waals surface area contributed by atoms with Crippen molar-refractivity contribution >= 4 is 0 Å². The van der Waals surface area contributed by atoms with Crippen molar-refractivity contribution in [3.8, 4) is 0 Å². The van der Waals surface area contributed by atoms with Gasteiger partial charge in [-0.05, 0) is 38.8 Å². The molecule has 2 nitrogen and oxygen atoms in total. The van der Waals surface area contributed by atoms with E-state index in [2.05, 4.69) is 45.0 Å². The Bertz CT molecular complexity index is 172. The standard InChI is InChI=1S/C12H26N2/c1-10(12(2,3)4)14-8-6-7-11(9-14)13-5/h10-11,13H,6-9H2,1-5H3. The third-order valence-corrected chi connectivity index (χ3v) is 3.66. The van der Waals surface area contributed by atoms with Crippen molar-refractivity contribution in [3.63, 3.8) is 0 Å². The van der Waals surface area contributed by atoms with Crippen LogP contribution in [0.2, 0.25) is 0 Å². The van der Waals surface area contributed by atoms with Gasteiger partial charge in [0.1, 0.15) is 0 Å². The van der Waals surface area contributed by atoms with E-state index in [0.29, 0.717) is 17.5 Å². The number of likely N-dealkylation sites (tertiary alicyclic amines) is 1. The number of piperidine rings is 1. The van der Waals surface area contributed by atoms with Crippen LogP contribution in [0.1, 0.15) is 40.5 Å². The molecule has 0 aliphatic carbocycles. The van der Waals surface area contributed by atoms with Gasteiger partial charge in [-0.15, -0.1) is 0 Å². The Balaban J connectivity index is 2.51. The Morgan fingerprint density at radius 1 is 1.36 bits per heavy atom. The molecule has 0 aromatic carbocycles. The summed E-state index contributed by atoms with van der Waals surface area (Å²) in [7, 11) is 2.08. The van der Waals surface area contributed by atoms with Gasteiger partial charge in [0.2, 0.25) is 0 Å². The monoisotopic (exact) mass is 198 g/mol. The van der Waals surface area contributed by atoms with E-state index in [1.54, 1.807) is 0 Å². The summed E-state index contributed by atoms with van der Waals surface area (Å²) < 4.78 is 0. The average molecular weight is 198 g/mol. The molecule has 1 aliphatic heterocycles. The molecule has 1 saturated heterocycles. The number of likely N-dealkylation sites (N-methyl/N-ethyl adjacent to an activating group) is 1. The molecule has 1 aliphatic rings. The minimum Gasteiger partial charge on any atom is -0.316 e. The second-order valence-electron chi connectivity index (χ2n) is 5.66. The SMILES string of the molecule is CNC1CCCN(C(C)C(C)(C)C)C1. The predicted molar refractivity (Wildman–Crippen MR) is 62.6 cm³/mol. The molecule has 0 saturated carbocycles. The van der Waals surface area contributed by atoms with Gasteiger partial charge < -0.3 is 5.32 Å². The normalized spacial score (nSPS) is 27.6. The molecule has 1 N–H and O–H groups in total. The van der Waals surface area contributed by atoms with Gasteiger partial charge in [-0.25, -0.2) is 0 Å². The van der Waals surface area contributed by atoms with Crippen LogP contribution in [-0.4, -0.2) is 37.1 Å². The van der Waals surface area contributed by atoms with Gasteiger partial charge in [-0.1, -0.05) is 20.8 Å². The van der Waals surface area contributed by atoms with E-state index >= 15 is 0 Å². The van der Waals surface area contributed by atoms with Gasteiger partial charge in [0.05, 0.1) is 0 Å². The first-order valence-corrected chi connectivity index (χ1v) is 5.86. The van der Waals surface area contributed by atoms with Crippen LogP contribution in [0, 0.1) is 5.41 Å². The van der Waals surface area contributed by atoms with E-state index in [0.717, 1.165) is 0 Å². The fourth-order valence-electron chi connectivity index (χ4n) is 2.14. The van der Waals surface area contributed by atoms with Crippen molar-refractivity contribution in [2.45, 2.75) is 52.6 Å². The molecule has 0 radical (unpaired) electrons. The number of rotatable bonds is 2. The van der Waals surface area contributed by atoms with E-state index in [-0.39, 0.29) is 0 Å². The summed E-state index contributed by atoms with van der Waals surface area (Å²) in [5.74, 6) is 0. The third kappa shape index (κ3) is 2.96. The number of nitrogens with one attached hydrogen (secondary N) is 1. The first kappa shape index (κ1) is 12.0. The molecular weight excluding hydrogens is 172 g/mol. The highest BCUT2D eigenvalue weighted by atomic mass is 15.2. The summed E-state index contributed by atoms with van der Waals surface area (Å²) in [4.78, 5) is 2.63. The maximum atomic E-state index is 3.40. The first-order chi connectivity index (χ1) is 6.45. The van der Waals surface area contributed by atoms with Gasteiger partial charge in [0.25, 0.3) is 0 Å². The zero-order valence-electron chi connectivity index (χ0n) is 10.4. The largest absolute Gasteiger partial charge is 0.316 e. The van der Waals surface area contributed by atoms with Crippen LogP contribution >= 0.6 is 0 Å². The lowest BCUT2D eigenvalue weighted by Gasteiger charge is -2.42. The van der Waals surface area contributed by atoms with Crippen molar-refractivity contribution in [2.24, 2.45) is 5.41 Å². The number of nitrogens with zero attached hydrogens (tertiary/aromatic N) is 1. The highest BCUT2D eigenvalue weighted by Crippen LogP contribution is 2.26. The second kappa shape index (κ2) is 4.63. The molecule has 1 fully saturated rings. The van der Waals surface area contributed by atoms with Crippen molar-refractivity contribution in [1.29, 1.82) is 0 Å². The van der Waals surface area contributed by atoms with Gasteiger partial charge in [0.15, 0.2) is 0 Å². The molecule has 0 bridgehead atoms. The Morgan fingerprint density at radius 3 is 2.50 bits per heavy atom. The van der Waals surface area contributed by atoms with Crippen LogP contribution in [-0.2, 0) is 0 Å². The van der Waals surface area contributed by atoms with Crippen LogP contribution in [0.25, 0.3) is 0 Å². The first-order valence-electron chi connectivity index (χ1n) is 5.86. The van der Waals surface area contributed by atoms with Crippen molar-refractivity contribution in [1.82, 2.24) is 10.2 Å². The summed E-state index contributed by atoms with van der Waals surface area (Å²) in [6.07, 6.45) is 2.68. The summed E-state index contributed by atoms with van der Waals surface area (Å²) in [5.41, 5.74) is 0.398.